The summed E-state index contributed by atoms with van der Waals surface area (Å²) in [4.78, 5) is 31.9. The third kappa shape index (κ3) is 4.64. The van der Waals surface area contributed by atoms with E-state index in [-0.39, 0.29) is 23.1 Å². The van der Waals surface area contributed by atoms with Crippen LogP contribution in [0.15, 0.2) is 18.2 Å². The lowest BCUT2D eigenvalue weighted by atomic mass is 9.90. The molecule has 164 valence electrons. The minimum atomic E-state index is -0.348. The number of amides is 2. The number of nitrogens with zero attached hydrogens (tertiary/aromatic N) is 3. The lowest BCUT2D eigenvalue weighted by Crippen LogP contribution is -2.52. The van der Waals surface area contributed by atoms with Crippen LogP contribution in [0.4, 0.5) is 0 Å². The van der Waals surface area contributed by atoms with Crippen LogP contribution >= 0.6 is 0 Å². The van der Waals surface area contributed by atoms with Crippen LogP contribution in [0.5, 0.6) is 5.75 Å². The number of carbonyl (C=O) groups excluding carboxylic acids is 2. The van der Waals surface area contributed by atoms with E-state index < -0.39 is 0 Å². The van der Waals surface area contributed by atoms with E-state index in [1.54, 1.807) is 0 Å². The highest BCUT2D eigenvalue weighted by Gasteiger charge is 2.34. The molecule has 3 aliphatic heterocycles. The highest BCUT2D eigenvalue weighted by molar-refractivity contribution is 5.82. The highest BCUT2D eigenvalue weighted by Crippen LogP contribution is 2.27. The van der Waals surface area contributed by atoms with E-state index in [0.717, 1.165) is 64.3 Å². The van der Waals surface area contributed by atoms with Crippen molar-refractivity contribution in [1.29, 1.82) is 0 Å². The number of piperazine rings is 1. The smallest absolute Gasteiger partial charge is 0.227 e. The summed E-state index contributed by atoms with van der Waals surface area (Å²) in [6, 6.07) is 6.52. The third-order valence-corrected chi connectivity index (χ3v) is 6.62. The van der Waals surface area contributed by atoms with Crippen LogP contribution in [-0.2, 0) is 22.6 Å². The maximum atomic E-state index is 13.0. The number of hydrogen-bond donors (Lipinski definition) is 0. The molecule has 0 atom stereocenters. The fourth-order valence-corrected chi connectivity index (χ4v) is 4.78. The predicted octanol–water partition coefficient (Wildman–Crippen LogP) is 2.55. The highest BCUT2D eigenvalue weighted by atomic mass is 16.5. The van der Waals surface area contributed by atoms with E-state index in [9.17, 15) is 9.59 Å². The van der Waals surface area contributed by atoms with Crippen LogP contribution in [0.1, 0.15) is 44.7 Å². The van der Waals surface area contributed by atoms with Gasteiger partial charge in [0.25, 0.3) is 0 Å². The van der Waals surface area contributed by atoms with Crippen LogP contribution in [0.3, 0.4) is 0 Å². The zero-order valence-corrected chi connectivity index (χ0v) is 18.7. The predicted molar refractivity (Wildman–Crippen MR) is 116 cm³/mol. The van der Waals surface area contributed by atoms with Gasteiger partial charge in [0.15, 0.2) is 0 Å². The van der Waals surface area contributed by atoms with Crippen molar-refractivity contribution in [3.05, 3.63) is 29.3 Å². The number of piperidine rings is 1. The van der Waals surface area contributed by atoms with Crippen molar-refractivity contribution in [3.8, 4) is 5.75 Å². The van der Waals surface area contributed by atoms with Gasteiger partial charge in [-0.25, -0.2) is 0 Å². The molecular formula is C24H35N3O3. The van der Waals surface area contributed by atoms with Crippen LogP contribution in [0.25, 0.3) is 0 Å². The molecule has 6 heteroatoms. The summed E-state index contributed by atoms with van der Waals surface area (Å²) in [5.74, 6) is 1.58. The number of rotatable bonds is 3. The number of ether oxygens (including phenoxy) is 1. The second-order valence-corrected chi connectivity index (χ2v) is 9.96. The topological polar surface area (TPSA) is 53.1 Å². The van der Waals surface area contributed by atoms with Gasteiger partial charge >= 0.3 is 0 Å². The molecule has 1 aromatic rings. The van der Waals surface area contributed by atoms with Gasteiger partial charge < -0.3 is 14.5 Å². The Bertz CT molecular complexity index is 785. The summed E-state index contributed by atoms with van der Waals surface area (Å²) < 4.78 is 5.60. The van der Waals surface area contributed by atoms with Crippen LogP contribution in [-0.4, -0.2) is 72.4 Å². The first-order valence-corrected chi connectivity index (χ1v) is 11.4. The van der Waals surface area contributed by atoms with E-state index in [1.807, 2.05) is 30.6 Å². The minimum Gasteiger partial charge on any atom is -0.493 e. The Kier molecular flexibility index (Phi) is 6.05. The zero-order valence-electron chi connectivity index (χ0n) is 18.7. The zero-order chi connectivity index (χ0) is 21.3. The SMILES string of the molecule is CC(C)(C)C(=O)N1CCC(C(=O)N2CCN(Cc3ccc4c(c3)CCO4)CC2)CC1. The van der Waals surface area contributed by atoms with Crippen molar-refractivity contribution < 1.29 is 14.3 Å². The normalized spacial score (nSPS) is 20.8. The second kappa shape index (κ2) is 8.58. The Labute approximate surface area is 180 Å². The first-order chi connectivity index (χ1) is 14.3. The van der Waals surface area contributed by atoms with Gasteiger partial charge in [0, 0.05) is 63.6 Å². The summed E-state index contributed by atoms with van der Waals surface area (Å²) in [5.41, 5.74) is 2.30. The summed E-state index contributed by atoms with van der Waals surface area (Å²) in [7, 11) is 0. The Balaban J connectivity index is 1.23. The molecule has 0 aliphatic carbocycles. The summed E-state index contributed by atoms with van der Waals surface area (Å²) >= 11 is 0. The molecule has 3 aliphatic rings. The van der Waals surface area contributed by atoms with Gasteiger partial charge in [0.1, 0.15) is 5.75 Å². The molecule has 0 unspecified atom stereocenters. The van der Waals surface area contributed by atoms with Crippen LogP contribution in [0.2, 0.25) is 0 Å². The van der Waals surface area contributed by atoms with Crippen molar-refractivity contribution in [1.82, 2.24) is 14.7 Å². The van der Waals surface area contributed by atoms with Gasteiger partial charge in [-0.15, -0.1) is 0 Å². The molecule has 0 aromatic heterocycles. The quantitative estimate of drug-likeness (QED) is 0.764. The Morgan fingerprint density at radius 2 is 1.70 bits per heavy atom. The Morgan fingerprint density at radius 1 is 1.00 bits per heavy atom. The van der Waals surface area contributed by atoms with Crippen molar-refractivity contribution in [2.45, 2.75) is 46.6 Å². The molecule has 0 N–H and O–H groups in total. The Morgan fingerprint density at radius 3 is 2.37 bits per heavy atom. The molecule has 0 spiro atoms. The maximum absolute atomic E-state index is 13.0. The van der Waals surface area contributed by atoms with E-state index in [0.29, 0.717) is 13.1 Å². The molecule has 0 radical (unpaired) electrons. The van der Waals surface area contributed by atoms with Gasteiger partial charge in [-0.05, 0) is 30.0 Å². The molecular weight excluding hydrogens is 378 g/mol. The van der Waals surface area contributed by atoms with E-state index >= 15 is 0 Å². The molecule has 2 fully saturated rings. The number of carbonyl (C=O) groups is 2. The van der Waals surface area contributed by atoms with Gasteiger partial charge in [0.2, 0.25) is 11.8 Å². The standard InChI is InChI=1S/C24H35N3O3/c1-24(2,3)23(29)27-9-6-19(7-10-27)22(28)26-13-11-25(12-14-26)17-18-4-5-21-20(16-18)8-15-30-21/h4-5,16,19H,6-15,17H2,1-3H3. The fraction of sp³-hybridized carbons (Fsp3) is 0.667. The summed E-state index contributed by atoms with van der Waals surface area (Å²) in [6.07, 6.45) is 2.59. The molecule has 4 rings (SSSR count). The van der Waals surface area contributed by atoms with Gasteiger partial charge in [-0.1, -0.05) is 32.9 Å². The first-order valence-electron chi connectivity index (χ1n) is 11.4. The first kappa shape index (κ1) is 21.2. The van der Waals surface area contributed by atoms with Gasteiger partial charge in [0.05, 0.1) is 6.61 Å². The molecule has 1 aromatic carbocycles. The molecule has 2 saturated heterocycles. The van der Waals surface area contributed by atoms with Crippen molar-refractivity contribution in [2.24, 2.45) is 11.3 Å². The molecule has 2 amide bonds. The van der Waals surface area contributed by atoms with Gasteiger partial charge in [-0.3, -0.25) is 14.5 Å². The lowest BCUT2D eigenvalue weighted by Gasteiger charge is -2.39. The number of likely N-dealkylation sites (tertiary alicyclic amines) is 1. The summed E-state index contributed by atoms with van der Waals surface area (Å²) in [5, 5.41) is 0. The third-order valence-electron chi connectivity index (χ3n) is 6.62. The average Bonchev–Trinajstić information content (AvgIpc) is 3.21. The van der Waals surface area contributed by atoms with Crippen LogP contribution in [0, 0.1) is 11.3 Å². The monoisotopic (exact) mass is 413 g/mol. The Hall–Kier alpha value is -2.08. The maximum Gasteiger partial charge on any atom is 0.227 e. The largest absolute Gasteiger partial charge is 0.493 e. The lowest BCUT2D eigenvalue weighted by molar-refractivity contribution is -0.145. The fourth-order valence-electron chi connectivity index (χ4n) is 4.78. The second-order valence-electron chi connectivity index (χ2n) is 9.96. The van der Waals surface area contributed by atoms with E-state index in [4.69, 9.17) is 4.74 Å². The molecule has 0 bridgehead atoms. The molecule has 3 heterocycles. The minimum absolute atomic E-state index is 0.0669. The molecule has 0 saturated carbocycles. The average molecular weight is 414 g/mol. The number of hydrogen-bond acceptors (Lipinski definition) is 4. The number of benzene rings is 1. The van der Waals surface area contributed by atoms with E-state index in [2.05, 4.69) is 23.1 Å². The van der Waals surface area contributed by atoms with Crippen molar-refractivity contribution in [2.75, 3.05) is 45.9 Å². The molecule has 30 heavy (non-hydrogen) atoms. The van der Waals surface area contributed by atoms with Crippen molar-refractivity contribution >= 4 is 11.8 Å². The summed E-state index contributed by atoms with van der Waals surface area (Å²) in [6.45, 7) is 12.5. The van der Waals surface area contributed by atoms with Crippen molar-refractivity contribution in [3.63, 3.8) is 0 Å². The molecule has 6 nitrogen and oxygen atoms in total. The number of fused-ring (bicyclic) bond motifs is 1. The van der Waals surface area contributed by atoms with Gasteiger partial charge in [-0.2, -0.15) is 0 Å². The van der Waals surface area contributed by atoms with Crippen LogP contribution < -0.4 is 4.74 Å². The van der Waals surface area contributed by atoms with E-state index in [1.165, 1.54) is 11.1 Å².